The number of nitrogens with zero attached hydrogens (tertiary/aromatic N) is 2. The van der Waals surface area contributed by atoms with Gasteiger partial charge in [0.1, 0.15) is 16.7 Å². The van der Waals surface area contributed by atoms with Crippen molar-refractivity contribution in [2.45, 2.75) is 5.03 Å². The smallest absolute Gasteiger partial charge is 0.116 e. The van der Waals surface area contributed by atoms with E-state index in [1.807, 2.05) is 37.6 Å². The van der Waals surface area contributed by atoms with Gasteiger partial charge in [0.2, 0.25) is 0 Å². The number of anilines is 1. The van der Waals surface area contributed by atoms with E-state index in [1.165, 1.54) is 11.8 Å². The number of aromatic nitrogens is 1. The Balaban J connectivity index is 2.89. The van der Waals surface area contributed by atoms with Crippen LogP contribution in [0.3, 0.4) is 0 Å². The van der Waals surface area contributed by atoms with E-state index < -0.39 is 0 Å². The Morgan fingerprint density at radius 3 is 2.75 bits per heavy atom. The molecule has 16 heavy (non-hydrogen) atoms. The second-order valence-corrected chi connectivity index (χ2v) is 4.04. The lowest BCUT2D eigenvalue weighted by molar-refractivity contribution is 1.16. The van der Waals surface area contributed by atoms with Crippen LogP contribution in [0.4, 0.5) is 5.69 Å². The molecule has 2 rings (SSSR count). The van der Waals surface area contributed by atoms with E-state index in [9.17, 15) is 5.26 Å². The third-order valence-electron chi connectivity index (χ3n) is 2.41. The highest BCUT2D eigenvalue weighted by Crippen LogP contribution is 2.31. The van der Waals surface area contributed by atoms with Crippen molar-refractivity contribution in [1.82, 2.24) is 4.98 Å². The normalized spacial score (nSPS) is 10.1. The second-order valence-electron chi connectivity index (χ2n) is 3.25. The predicted octanol–water partition coefficient (Wildman–Crippen LogP) is 2.87. The number of nitriles is 1. The van der Waals surface area contributed by atoms with Gasteiger partial charge in [0.25, 0.3) is 0 Å². The number of nitrogens with one attached hydrogen (secondary N) is 1. The topological polar surface area (TPSA) is 48.7 Å². The molecule has 3 nitrogen and oxygen atoms in total. The summed E-state index contributed by atoms with van der Waals surface area (Å²) in [6.07, 6.45) is 1.93. The summed E-state index contributed by atoms with van der Waals surface area (Å²) in [7, 11) is 1.83. The standard InChI is InChI=1S/C12H11N3S/c1-14-11-8-5-3-4-6-10(8)15-12(16-2)9(11)7-13/h3-6H,1-2H3,(H,14,15). The molecular weight excluding hydrogens is 218 g/mol. The van der Waals surface area contributed by atoms with Gasteiger partial charge in [0.05, 0.1) is 11.2 Å². The monoisotopic (exact) mass is 229 g/mol. The van der Waals surface area contributed by atoms with Gasteiger partial charge in [-0.1, -0.05) is 18.2 Å². The molecule has 0 aliphatic heterocycles. The third-order valence-corrected chi connectivity index (χ3v) is 3.10. The molecule has 0 unspecified atom stereocenters. The van der Waals surface area contributed by atoms with Gasteiger partial charge in [0, 0.05) is 12.4 Å². The first kappa shape index (κ1) is 10.8. The molecule has 0 saturated carbocycles. The summed E-state index contributed by atoms with van der Waals surface area (Å²) in [5.41, 5.74) is 2.39. The highest BCUT2D eigenvalue weighted by Gasteiger charge is 2.12. The quantitative estimate of drug-likeness (QED) is 0.804. The molecule has 1 aromatic carbocycles. The molecule has 1 aromatic heterocycles. The van der Waals surface area contributed by atoms with Crippen molar-refractivity contribution in [3.05, 3.63) is 29.8 Å². The number of fused-ring (bicyclic) bond motifs is 1. The maximum Gasteiger partial charge on any atom is 0.116 e. The van der Waals surface area contributed by atoms with Gasteiger partial charge in [-0.05, 0) is 12.3 Å². The maximum absolute atomic E-state index is 9.18. The zero-order valence-corrected chi connectivity index (χ0v) is 9.93. The lowest BCUT2D eigenvalue weighted by Gasteiger charge is -2.10. The minimum absolute atomic E-state index is 0.619. The fourth-order valence-corrected chi connectivity index (χ4v) is 2.24. The molecule has 0 fully saturated rings. The minimum atomic E-state index is 0.619. The van der Waals surface area contributed by atoms with Gasteiger partial charge in [-0.3, -0.25) is 0 Å². The van der Waals surface area contributed by atoms with Crippen LogP contribution in [-0.2, 0) is 0 Å². The van der Waals surface area contributed by atoms with Crippen LogP contribution < -0.4 is 5.32 Å². The van der Waals surface area contributed by atoms with Crippen LogP contribution in [0.5, 0.6) is 0 Å². The largest absolute Gasteiger partial charge is 0.386 e. The lowest BCUT2D eigenvalue weighted by atomic mass is 10.1. The second kappa shape index (κ2) is 4.42. The summed E-state index contributed by atoms with van der Waals surface area (Å²) >= 11 is 1.49. The van der Waals surface area contributed by atoms with Crippen LogP contribution >= 0.6 is 11.8 Å². The van der Waals surface area contributed by atoms with Gasteiger partial charge in [-0.25, -0.2) is 4.98 Å². The van der Waals surface area contributed by atoms with Crippen molar-refractivity contribution >= 4 is 28.4 Å². The first-order valence-corrected chi connectivity index (χ1v) is 6.09. The van der Waals surface area contributed by atoms with Crippen molar-refractivity contribution in [2.75, 3.05) is 18.6 Å². The van der Waals surface area contributed by atoms with E-state index in [1.54, 1.807) is 0 Å². The summed E-state index contributed by atoms with van der Waals surface area (Å²) in [6.45, 7) is 0. The summed E-state index contributed by atoms with van der Waals surface area (Å²) in [6, 6.07) is 10.0. The fraction of sp³-hybridized carbons (Fsp3) is 0.167. The van der Waals surface area contributed by atoms with E-state index in [4.69, 9.17) is 0 Å². The fourth-order valence-electron chi connectivity index (χ4n) is 1.70. The van der Waals surface area contributed by atoms with Crippen molar-refractivity contribution in [1.29, 1.82) is 5.26 Å². The van der Waals surface area contributed by atoms with Gasteiger partial charge >= 0.3 is 0 Å². The number of rotatable bonds is 2. The molecule has 1 heterocycles. The summed E-state index contributed by atoms with van der Waals surface area (Å²) < 4.78 is 0. The minimum Gasteiger partial charge on any atom is -0.386 e. The molecular formula is C12H11N3S. The number of para-hydroxylation sites is 1. The number of thioether (sulfide) groups is 1. The zero-order valence-electron chi connectivity index (χ0n) is 9.11. The van der Waals surface area contributed by atoms with Crippen LogP contribution in [0, 0.1) is 11.3 Å². The van der Waals surface area contributed by atoms with Gasteiger partial charge in [-0.15, -0.1) is 11.8 Å². The molecule has 0 amide bonds. The Labute approximate surface area is 98.5 Å². The Morgan fingerprint density at radius 2 is 2.12 bits per heavy atom. The number of pyridine rings is 1. The molecule has 0 aliphatic carbocycles. The summed E-state index contributed by atoms with van der Waals surface area (Å²) in [5.74, 6) is 0. The van der Waals surface area contributed by atoms with Crippen molar-refractivity contribution < 1.29 is 0 Å². The Morgan fingerprint density at radius 1 is 1.38 bits per heavy atom. The van der Waals surface area contributed by atoms with Crippen LogP contribution in [0.2, 0.25) is 0 Å². The van der Waals surface area contributed by atoms with Crippen LogP contribution in [-0.4, -0.2) is 18.3 Å². The van der Waals surface area contributed by atoms with Crippen molar-refractivity contribution in [3.8, 4) is 6.07 Å². The van der Waals surface area contributed by atoms with E-state index in [0.717, 1.165) is 21.6 Å². The number of benzene rings is 1. The SMILES string of the molecule is CNc1c(C#N)c(SC)nc2ccccc12. The molecule has 2 aromatic rings. The van der Waals surface area contributed by atoms with Crippen LogP contribution in [0.1, 0.15) is 5.56 Å². The van der Waals surface area contributed by atoms with Gasteiger partial charge in [0.15, 0.2) is 0 Å². The molecule has 1 N–H and O–H groups in total. The van der Waals surface area contributed by atoms with Gasteiger partial charge in [-0.2, -0.15) is 5.26 Å². The molecule has 80 valence electrons. The molecule has 0 radical (unpaired) electrons. The Bertz CT molecular complexity index is 572. The maximum atomic E-state index is 9.18. The highest BCUT2D eigenvalue weighted by atomic mass is 32.2. The first-order valence-electron chi connectivity index (χ1n) is 4.86. The molecule has 0 bridgehead atoms. The predicted molar refractivity (Wildman–Crippen MR) is 67.8 cm³/mol. The molecule has 0 saturated heterocycles. The summed E-state index contributed by atoms with van der Waals surface area (Å²) in [5, 5.41) is 14.0. The number of hydrogen-bond donors (Lipinski definition) is 1. The average molecular weight is 229 g/mol. The van der Waals surface area contributed by atoms with Crippen LogP contribution in [0.15, 0.2) is 29.3 Å². The number of hydrogen-bond acceptors (Lipinski definition) is 4. The van der Waals surface area contributed by atoms with Crippen LogP contribution in [0.25, 0.3) is 10.9 Å². The molecule has 0 atom stereocenters. The lowest BCUT2D eigenvalue weighted by Crippen LogP contribution is -1.98. The van der Waals surface area contributed by atoms with E-state index in [-0.39, 0.29) is 0 Å². The summed E-state index contributed by atoms with van der Waals surface area (Å²) in [4.78, 5) is 4.47. The van der Waals surface area contributed by atoms with Gasteiger partial charge < -0.3 is 5.32 Å². The average Bonchev–Trinajstić information content (AvgIpc) is 2.36. The third kappa shape index (κ3) is 1.59. The van der Waals surface area contributed by atoms with Crippen molar-refractivity contribution in [2.24, 2.45) is 0 Å². The van der Waals surface area contributed by atoms with E-state index >= 15 is 0 Å². The molecule has 0 aliphatic rings. The van der Waals surface area contributed by atoms with Crippen molar-refractivity contribution in [3.63, 3.8) is 0 Å². The first-order chi connectivity index (χ1) is 7.81. The Hall–Kier alpha value is -1.73. The van der Waals surface area contributed by atoms with E-state index in [0.29, 0.717) is 5.56 Å². The highest BCUT2D eigenvalue weighted by molar-refractivity contribution is 7.98. The van der Waals surface area contributed by atoms with E-state index in [2.05, 4.69) is 16.4 Å². The zero-order chi connectivity index (χ0) is 11.5. The Kier molecular flexibility index (Phi) is 2.97. The molecule has 4 heteroatoms. The molecule has 0 spiro atoms.